The average Bonchev–Trinajstić information content (AvgIpc) is 3.17. The molecule has 39 heavy (non-hydrogen) atoms. The highest BCUT2D eigenvalue weighted by molar-refractivity contribution is 8.18. The summed E-state index contributed by atoms with van der Waals surface area (Å²) in [5.74, 6) is -6.82. The van der Waals surface area contributed by atoms with Gasteiger partial charge in [0, 0.05) is 0 Å². The Balaban J connectivity index is 1.48. The maximum Gasteiger partial charge on any atom is 0.339 e. The van der Waals surface area contributed by atoms with Crippen molar-refractivity contribution < 1.29 is 44.9 Å². The lowest BCUT2D eigenvalue weighted by molar-refractivity contribution is -0.127. The SMILES string of the molecule is COc1cc(/C=C2\SC(=O)N(CC(=O)Nc3ccc(F)c(F)c3F)C2=O)ccc1OS(=O)(=O)c1ccccc1. The van der Waals surface area contributed by atoms with Crippen molar-refractivity contribution in [3.63, 3.8) is 0 Å². The Morgan fingerprint density at radius 1 is 1.00 bits per heavy atom. The summed E-state index contributed by atoms with van der Waals surface area (Å²) in [7, 11) is -2.87. The summed E-state index contributed by atoms with van der Waals surface area (Å²) in [6.45, 7) is -0.812. The third-order valence-corrected chi connectivity index (χ3v) is 7.36. The number of nitrogens with one attached hydrogen (secondary N) is 1. The highest BCUT2D eigenvalue weighted by atomic mass is 32.2. The molecule has 1 heterocycles. The van der Waals surface area contributed by atoms with Crippen molar-refractivity contribution in [3.05, 3.63) is 88.6 Å². The van der Waals surface area contributed by atoms with Gasteiger partial charge in [0.15, 0.2) is 29.0 Å². The fourth-order valence-electron chi connectivity index (χ4n) is 3.34. The van der Waals surface area contributed by atoms with E-state index in [1.54, 1.807) is 6.07 Å². The van der Waals surface area contributed by atoms with E-state index in [-0.39, 0.29) is 21.3 Å². The first-order valence-electron chi connectivity index (χ1n) is 10.9. The number of nitrogens with zero attached hydrogens (tertiary/aromatic N) is 1. The van der Waals surface area contributed by atoms with Crippen LogP contribution in [0.5, 0.6) is 11.5 Å². The molecule has 1 saturated heterocycles. The van der Waals surface area contributed by atoms with E-state index >= 15 is 0 Å². The highest BCUT2D eigenvalue weighted by Gasteiger charge is 2.36. The molecule has 1 aliphatic rings. The van der Waals surface area contributed by atoms with Crippen LogP contribution in [0.3, 0.4) is 0 Å². The molecule has 4 rings (SSSR count). The largest absolute Gasteiger partial charge is 0.493 e. The number of imide groups is 1. The summed E-state index contributed by atoms with van der Waals surface area (Å²) in [5, 5.41) is 1.19. The molecular formula is C25H17F3N2O7S2. The lowest BCUT2D eigenvalue weighted by Gasteiger charge is -2.13. The van der Waals surface area contributed by atoms with Crippen LogP contribution in [0, 0.1) is 17.5 Å². The van der Waals surface area contributed by atoms with E-state index in [1.807, 2.05) is 5.32 Å². The Labute approximate surface area is 224 Å². The Kier molecular flexibility index (Phi) is 7.97. The summed E-state index contributed by atoms with van der Waals surface area (Å²) in [4.78, 5) is 37.8. The molecule has 0 aliphatic carbocycles. The number of rotatable bonds is 8. The van der Waals surface area contributed by atoms with Gasteiger partial charge in [-0.1, -0.05) is 24.3 Å². The summed E-state index contributed by atoms with van der Waals surface area (Å²) in [6.07, 6.45) is 1.32. The second-order valence-electron chi connectivity index (χ2n) is 7.80. The van der Waals surface area contributed by atoms with Crippen LogP contribution in [0.4, 0.5) is 23.7 Å². The normalized spacial score (nSPS) is 14.6. The zero-order chi connectivity index (χ0) is 28.3. The molecular weight excluding hydrogens is 561 g/mol. The average molecular weight is 579 g/mol. The standard InChI is InChI=1S/C25H17F3N2O7S2/c1-36-19-11-14(7-10-18(19)37-39(34,35)15-5-3-2-4-6-15)12-20-24(32)30(25(33)38-20)13-21(31)29-17-9-8-16(26)22(27)23(17)28/h2-12H,13H2,1H3,(H,29,31)/b20-12-. The molecule has 14 heteroatoms. The van der Waals surface area contributed by atoms with Crippen molar-refractivity contribution in [1.29, 1.82) is 0 Å². The van der Waals surface area contributed by atoms with Crippen LogP contribution >= 0.6 is 11.8 Å². The maximum atomic E-state index is 13.8. The first-order chi connectivity index (χ1) is 18.5. The molecule has 0 bridgehead atoms. The quantitative estimate of drug-likeness (QED) is 0.235. The predicted octanol–water partition coefficient (Wildman–Crippen LogP) is 4.56. The Bertz CT molecular complexity index is 1610. The van der Waals surface area contributed by atoms with Gasteiger partial charge >= 0.3 is 10.1 Å². The van der Waals surface area contributed by atoms with E-state index < -0.39 is 56.9 Å². The van der Waals surface area contributed by atoms with Gasteiger partial charge in [0.1, 0.15) is 11.4 Å². The maximum absolute atomic E-state index is 13.8. The van der Waals surface area contributed by atoms with E-state index in [9.17, 15) is 36.0 Å². The molecule has 1 aliphatic heterocycles. The smallest absolute Gasteiger partial charge is 0.339 e. The lowest BCUT2D eigenvalue weighted by atomic mass is 10.2. The zero-order valence-corrected chi connectivity index (χ0v) is 21.4. The third kappa shape index (κ3) is 6.07. The molecule has 3 aromatic rings. The van der Waals surface area contributed by atoms with Crippen molar-refractivity contribution in [2.24, 2.45) is 0 Å². The van der Waals surface area contributed by atoms with Crippen molar-refractivity contribution in [3.8, 4) is 11.5 Å². The van der Waals surface area contributed by atoms with Gasteiger partial charge in [-0.15, -0.1) is 0 Å². The fraction of sp³-hybridized carbons (Fsp3) is 0.0800. The van der Waals surface area contributed by atoms with E-state index in [4.69, 9.17) is 8.92 Å². The lowest BCUT2D eigenvalue weighted by Crippen LogP contribution is -2.36. The number of hydrogen-bond acceptors (Lipinski definition) is 8. The van der Waals surface area contributed by atoms with Gasteiger partial charge in [0.25, 0.3) is 11.1 Å². The van der Waals surface area contributed by atoms with E-state index in [0.29, 0.717) is 28.3 Å². The number of ether oxygens (including phenoxy) is 1. The van der Waals surface area contributed by atoms with Gasteiger partial charge < -0.3 is 14.2 Å². The third-order valence-electron chi connectivity index (χ3n) is 5.20. The number of carbonyl (C=O) groups is 3. The minimum atomic E-state index is -4.15. The molecule has 0 atom stereocenters. The first kappa shape index (κ1) is 27.7. The van der Waals surface area contributed by atoms with Gasteiger partial charge in [-0.25, -0.2) is 13.2 Å². The molecule has 0 spiro atoms. The predicted molar refractivity (Wildman–Crippen MR) is 135 cm³/mol. The van der Waals surface area contributed by atoms with Crippen LogP contribution in [0.2, 0.25) is 0 Å². The van der Waals surface area contributed by atoms with Crippen LogP contribution in [0.1, 0.15) is 5.56 Å². The number of benzene rings is 3. The molecule has 1 N–H and O–H groups in total. The summed E-state index contributed by atoms with van der Waals surface area (Å²) < 4.78 is 75.8. The second kappa shape index (κ2) is 11.2. The monoisotopic (exact) mass is 578 g/mol. The van der Waals surface area contributed by atoms with Gasteiger partial charge in [0.05, 0.1) is 17.7 Å². The summed E-state index contributed by atoms with van der Waals surface area (Å²) in [5.41, 5.74) is -0.319. The van der Waals surface area contributed by atoms with Gasteiger partial charge in [0.2, 0.25) is 5.91 Å². The number of halogens is 3. The Hall–Kier alpha value is -4.30. The van der Waals surface area contributed by atoms with Crippen molar-refractivity contribution >= 4 is 50.7 Å². The fourth-order valence-corrected chi connectivity index (χ4v) is 5.14. The number of carbonyl (C=O) groups excluding carboxylic acids is 3. The molecule has 9 nitrogen and oxygen atoms in total. The number of methoxy groups -OCH3 is 1. The molecule has 0 radical (unpaired) electrons. The van der Waals surface area contributed by atoms with Crippen LogP contribution in [0.25, 0.3) is 6.08 Å². The molecule has 1 fully saturated rings. The Morgan fingerprint density at radius 2 is 1.72 bits per heavy atom. The second-order valence-corrected chi connectivity index (χ2v) is 10.3. The van der Waals surface area contributed by atoms with Crippen molar-refractivity contribution in [2.45, 2.75) is 4.90 Å². The van der Waals surface area contributed by atoms with Crippen molar-refractivity contribution in [1.82, 2.24) is 4.90 Å². The topological polar surface area (TPSA) is 119 Å². The molecule has 202 valence electrons. The minimum Gasteiger partial charge on any atom is -0.493 e. The van der Waals surface area contributed by atoms with Crippen LogP contribution in [-0.4, -0.2) is 44.0 Å². The molecule has 3 aromatic carbocycles. The van der Waals surface area contributed by atoms with Crippen LogP contribution in [-0.2, 0) is 19.7 Å². The van der Waals surface area contributed by atoms with Crippen molar-refractivity contribution in [2.75, 3.05) is 19.0 Å². The number of anilines is 1. The molecule has 3 amide bonds. The molecule has 0 unspecified atom stereocenters. The van der Waals surface area contributed by atoms with Crippen LogP contribution in [0.15, 0.2) is 70.5 Å². The zero-order valence-electron chi connectivity index (χ0n) is 19.8. The number of hydrogen-bond donors (Lipinski definition) is 1. The van der Waals surface area contributed by atoms with E-state index in [1.165, 1.54) is 55.7 Å². The summed E-state index contributed by atoms with van der Waals surface area (Å²) >= 11 is 0.524. The molecule has 0 aromatic heterocycles. The number of amides is 3. The van der Waals surface area contributed by atoms with Crippen LogP contribution < -0.4 is 14.2 Å². The van der Waals surface area contributed by atoms with Gasteiger partial charge in [-0.3, -0.25) is 19.3 Å². The number of thioether (sulfide) groups is 1. The van der Waals surface area contributed by atoms with E-state index in [2.05, 4.69) is 0 Å². The highest BCUT2D eigenvalue weighted by Crippen LogP contribution is 2.35. The first-order valence-corrected chi connectivity index (χ1v) is 13.1. The van der Waals surface area contributed by atoms with E-state index in [0.717, 1.165) is 6.07 Å². The Morgan fingerprint density at radius 3 is 2.41 bits per heavy atom. The molecule has 0 saturated carbocycles. The summed E-state index contributed by atoms with van der Waals surface area (Å²) in [6, 6.07) is 13.0. The van der Waals surface area contributed by atoms with Gasteiger partial charge in [-0.05, 0) is 59.8 Å². The van der Waals surface area contributed by atoms with Gasteiger partial charge in [-0.2, -0.15) is 8.42 Å². The minimum absolute atomic E-state index is 0.0235.